The van der Waals surface area contributed by atoms with Gasteiger partial charge in [-0.2, -0.15) is 0 Å². The van der Waals surface area contributed by atoms with Crippen molar-refractivity contribution in [2.75, 3.05) is 24.8 Å². The Kier molecular flexibility index (Phi) is 2.41. The van der Waals surface area contributed by atoms with Crippen LogP contribution in [0.4, 0.5) is 0 Å². The molecule has 2 aliphatic rings. The van der Waals surface area contributed by atoms with Crippen LogP contribution < -0.4 is 16.2 Å². The second-order valence-electron chi connectivity index (χ2n) is 4.47. The second kappa shape index (κ2) is 3.98. The number of nitrogens with two attached hydrogens (primary N) is 1. The number of nitrogens with zero attached hydrogens (tertiary/aromatic N) is 3. The van der Waals surface area contributed by atoms with E-state index in [4.69, 9.17) is 5.73 Å². The summed E-state index contributed by atoms with van der Waals surface area (Å²) in [4.78, 5) is 36.8. The topological polar surface area (TPSA) is 88.6 Å². The van der Waals surface area contributed by atoms with Crippen LogP contribution in [-0.4, -0.2) is 41.1 Å². The van der Waals surface area contributed by atoms with Crippen LogP contribution in [0.1, 0.15) is 20.8 Å². The number of hydrogen-bond acceptors (Lipinski definition) is 4. The van der Waals surface area contributed by atoms with Crippen LogP contribution in [0.15, 0.2) is 29.2 Å². The summed E-state index contributed by atoms with van der Waals surface area (Å²) in [7, 11) is 0. The normalized spacial score (nSPS) is 17.2. The maximum atomic E-state index is 12.2. The highest BCUT2D eigenvalue weighted by molar-refractivity contribution is 5.96. The van der Waals surface area contributed by atoms with Gasteiger partial charge in [0.05, 0.1) is 6.54 Å². The molecule has 3 rings (SSSR count). The molecule has 0 radical (unpaired) electrons. The lowest BCUT2D eigenvalue weighted by Crippen LogP contribution is -2.53. The van der Waals surface area contributed by atoms with Crippen molar-refractivity contribution in [1.82, 2.24) is 9.58 Å². The molecule has 2 amide bonds. The molecule has 98 valence electrons. The minimum Gasteiger partial charge on any atom is -0.365 e. The molecule has 0 saturated carbocycles. The third-order valence-electron chi connectivity index (χ3n) is 3.25. The molecule has 2 aliphatic heterocycles. The van der Waals surface area contributed by atoms with Crippen molar-refractivity contribution in [3.63, 3.8) is 0 Å². The molecule has 7 nitrogen and oxygen atoms in total. The number of hydrogen-bond donors (Lipinski definition) is 1. The van der Waals surface area contributed by atoms with Gasteiger partial charge in [0.15, 0.2) is 5.43 Å². The van der Waals surface area contributed by atoms with Gasteiger partial charge in [-0.3, -0.25) is 24.1 Å². The molecule has 7 heteroatoms. The van der Waals surface area contributed by atoms with E-state index in [1.807, 2.05) is 17.2 Å². The monoisotopic (exact) mass is 260 g/mol. The highest BCUT2D eigenvalue weighted by Gasteiger charge is 2.30. The van der Waals surface area contributed by atoms with Gasteiger partial charge in [-0.05, 0) is 0 Å². The van der Waals surface area contributed by atoms with Crippen molar-refractivity contribution in [3.8, 4) is 0 Å². The van der Waals surface area contributed by atoms with E-state index < -0.39 is 11.3 Å². The molecule has 19 heavy (non-hydrogen) atoms. The summed E-state index contributed by atoms with van der Waals surface area (Å²) in [6, 6.07) is 1.17. The van der Waals surface area contributed by atoms with E-state index in [0.29, 0.717) is 19.8 Å². The second-order valence-corrected chi connectivity index (χ2v) is 4.47. The van der Waals surface area contributed by atoms with Gasteiger partial charge in [-0.25, -0.2) is 0 Å². The zero-order valence-corrected chi connectivity index (χ0v) is 10.1. The Morgan fingerprint density at radius 2 is 1.95 bits per heavy atom. The van der Waals surface area contributed by atoms with Crippen molar-refractivity contribution in [2.45, 2.75) is 0 Å². The number of rotatable bonds is 1. The molecule has 2 bridgehead atoms. The third kappa shape index (κ3) is 1.70. The fourth-order valence-electron chi connectivity index (χ4n) is 2.28. The molecule has 0 atom stereocenters. The molecule has 2 N–H and O–H groups in total. The molecular formula is C12H12N4O3. The van der Waals surface area contributed by atoms with E-state index in [0.717, 1.165) is 0 Å². The Morgan fingerprint density at radius 3 is 2.68 bits per heavy atom. The number of aromatic nitrogens is 1. The van der Waals surface area contributed by atoms with Crippen LogP contribution in [0.25, 0.3) is 0 Å². The number of primary amides is 1. The summed E-state index contributed by atoms with van der Waals surface area (Å²) in [5, 5.41) is 1.85. The smallest absolute Gasteiger partial charge is 0.274 e. The molecule has 0 saturated heterocycles. The molecule has 3 heterocycles. The summed E-state index contributed by atoms with van der Waals surface area (Å²) >= 11 is 0. The maximum absolute atomic E-state index is 12.2. The van der Waals surface area contributed by atoms with Crippen LogP contribution in [0, 0.1) is 0 Å². The molecule has 0 aromatic carbocycles. The standard InChI is InChI=1S/C12H12N4O3/c13-11(18)8-6-16-9(5-10(8)17)12(19)14-3-1-2-4-15(16)7-14/h1-2,5-6H,3-4,7H2,(H2,13,18). The summed E-state index contributed by atoms with van der Waals surface area (Å²) < 4.78 is 1.54. The van der Waals surface area contributed by atoms with Crippen molar-refractivity contribution in [1.29, 1.82) is 0 Å². The zero-order valence-electron chi connectivity index (χ0n) is 10.1. The van der Waals surface area contributed by atoms with Crippen molar-refractivity contribution in [3.05, 3.63) is 45.9 Å². The summed E-state index contributed by atoms with van der Waals surface area (Å²) in [5.74, 6) is -1.02. The highest BCUT2D eigenvalue weighted by Crippen LogP contribution is 2.15. The Morgan fingerprint density at radius 1 is 1.21 bits per heavy atom. The summed E-state index contributed by atoms with van der Waals surface area (Å²) in [6.07, 6.45) is 5.18. The first kappa shape index (κ1) is 11.5. The summed E-state index contributed by atoms with van der Waals surface area (Å²) in [6.45, 7) is 1.53. The van der Waals surface area contributed by atoms with Crippen molar-refractivity contribution in [2.24, 2.45) is 5.73 Å². The SMILES string of the molecule is NC(=O)c1cn2c(cc1=O)C(=O)N1CC=CCN2C1. The van der Waals surface area contributed by atoms with Gasteiger partial charge in [0.1, 0.15) is 17.9 Å². The van der Waals surface area contributed by atoms with E-state index in [9.17, 15) is 14.4 Å². The van der Waals surface area contributed by atoms with E-state index in [1.165, 1.54) is 16.9 Å². The Bertz CT molecular complexity index is 661. The van der Waals surface area contributed by atoms with Crippen LogP contribution in [0.5, 0.6) is 0 Å². The largest absolute Gasteiger partial charge is 0.365 e. The van der Waals surface area contributed by atoms with Gasteiger partial charge < -0.3 is 10.6 Å². The minimum absolute atomic E-state index is 0.113. The van der Waals surface area contributed by atoms with Gasteiger partial charge in [-0.1, -0.05) is 12.2 Å². The minimum atomic E-state index is -0.791. The number of amides is 2. The van der Waals surface area contributed by atoms with E-state index in [-0.39, 0.29) is 17.2 Å². The van der Waals surface area contributed by atoms with E-state index in [2.05, 4.69) is 0 Å². The molecule has 0 spiro atoms. The van der Waals surface area contributed by atoms with Crippen LogP contribution >= 0.6 is 0 Å². The van der Waals surface area contributed by atoms with Gasteiger partial charge in [0, 0.05) is 18.8 Å². The number of fused-ring (bicyclic) bond motifs is 4. The van der Waals surface area contributed by atoms with Gasteiger partial charge >= 0.3 is 0 Å². The van der Waals surface area contributed by atoms with Gasteiger partial charge in [0.2, 0.25) is 0 Å². The quantitative estimate of drug-likeness (QED) is 0.647. The molecule has 0 unspecified atom stereocenters. The molecular weight excluding hydrogens is 248 g/mol. The van der Waals surface area contributed by atoms with Crippen LogP contribution in [0.3, 0.4) is 0 Å². The zero-order chi connectivity index (χ0) is 13.6. The number of carbonyl (C=O) groups excluding carboxylic acids is 2. The number of pyridine rings is 1. The lowest BCUT2D eigenvalue weighted by atomic mass is 10.2. The number of carbonyl (C=O) groups is 2. The predicted molar refractivity (Wildman–Crippen MR) is 67.3 cm³/mol. The lowest BCUT2D eigenvalue weighted by Gasteiger charge is -2.37. The van der Waals surface area contributed by atoms with Crippen LogP contribution in [0.2, 0.25) is 0 Å². The molecule has 1 aromatic rings. The van der Waals surface area contributed by atoms with E-state index in [1.54, 1.807) is 4.90 Å². The first-order chi connectivity index (χ1) is 9.08. The van der Waals surface area contributed by atoms with Crippen molar-refractivity contribution < 1.29 is 9.59 Å². The molecule has 0 fully saturated rings. The Labute approximate surface area is 108 Å². The lowest BCUT2D eigenvalue weighted by molar-refractivity contribution is 0.0719. The maximum Gasteiger partial charge on any atom is 0.274 e. The van der Waals surface area contributed by atoms with E-state index >= 15 is 0 Å². The fraction of sp³-hybridized carbons (Fsp3) is 0.250. The Balaban J connectivity index is 2.21. The van der Waals surface area contributed by atoms with Crippen molar-refractivity contribution >= 4 is 11.8 Å². The highest BCUT2D eigenvalue weighted by atomic mass is 16.2. The first-order valence-electron chi connectivity index (χ1n) is 5.84. The Hall–Kier alpha value is -2.57. The molecule has 0 aliphatic carbocycles. The average Bonchev–Trinajstić information content (AvgIpc) is 2.59. The molecule has 1 aromatic heterocycles. The van der Waals surface area contributed by atoms with Crippen LogP contribution in [-0.2, 0) is 0 Å². The first-order valence-corrected chi connectivity index (χ1v) is 5.84. The van der Waals surface area contributed by atoms with Gasteiger partial charge in [-0.15, -0.1) is 0 Å². The fourth-order valence-corrected chi connectivity index (χ4v) is 2.28. The third-order valence-corrected chi connectivity index (χ3v) is 3.25. The predicted octanol–water partition coefficient (Wildman–Crippen LogP) is -1.13. The summed E-state index contributed by atoms with van der Waals surface area (Å²) in [5.41, 5.74) is 4.78. The average molecular weight is 260 g/mol. The van der Waals surface area contributed by atoms with Gasteiger partial charge in [0.25, 0.3) is 11.8 Å².